The van der Waals surface area contributed by atoms with Crippen molar-refractivity contribution < 1.29 is 0 Å². The summed E-state index contributed by atoms with van der Waals surface area (Å²) in [5.74, 6) is 0. The predicted octanol–water partition coefficient (Wildman–Crippen LogP) is 15.1. The van der Waals surface area contributed by atoms with E-state index in [1.165, 1.54) is 99.1 Å². The molecule has 0 N–H and O–H groups in total. The maximum absolute atomic E-state index is 2.44. The minimum atomic E-state index is 1.19. The van der Waals surface area contributed by atoms with E-state index < -0.39 is 0 Å². The van der Waals surface area contributed by atoms with Crippen molar-refractivity contribution in [3.8, 4) is 66.8 Å². The Balaban J connectivity index is 1.21. The van der Waals surface area contributed by atoms with Crippen LogP contribution in [0.15, 0.2) is 218 Å². The first-order chi connectivity index (χ1) is 26.8. The minimum Gasteiger partial charge on any atom is -0.0622 e. The normalized spacial score (nSPS) is 11.3. The highest BCUT2D eigenvalue weighted by Gasteiger charge is 2.20. The average molecular weight is 685 g/mol. The second-order valence-corrected chi connectivity index (χ2v) is 14.0. The van der Waals surface area contributed by atoms with Gasteiger partial charge in [-0.25, -0.2) is 0 Å². The van der Waals surface area contributed by atoms with Crippen LogP contribution in [0.4, 0.5) is 0 Å². The standard InChI is InChI=1S/C54H36/c1-3-15-37(16-4-1)38-29-31-39(32-30-38)42-21-13-22-43(35-42)44-33-34-47(46-28-14-20-40-17-7-8-23-45(40)46)52(36-44)54-50-26-11-9-24-48(50)53(41-18-5-2-6-19-41)49-25-10-12-27-51(49)54/h1-36H. The molecule has 0 heterocycles. The van der Waals surface area contributed by atoms with Crippen LogP contribution in [0.2, 0.25) is 0 Å². The van der Waals surface area contributed by atoms with E-state index in [2.05, 4.69) is 218 Å². The fraction of sp³-hybridized carbons (Fsp3) is 0. The van der Waals surface area contributed by atoms with Gasteiger partial charge in [-0.2, -0.15) is 0 Å². The summed E-state index contributed by atoms with van der Waals surface area (Å²) in [6.07, 6.45) is 0. The minimum absolute atomic E-state index is 1.19. The third-order valence-corrected chi connectivity index (χ3v) is 10.9. The first-order valence-electron chi connectivity index (χ1n) is 18.7. The third-order valence-electron chi connectivity index (χ3n) is 10.9. The molecule has 0 heteroatoms. The molecule has 54 heavy (non-hydrogen) atoms. The van der Waals surface area contributed by atoms with Crippen LogP contribution in [0.1, 0.15) is 0 Å². The van der Waals surface area contributed by atoms with E-state index >= 15 is 0 Å². The Morgan fingerprint density at radius 3 is 1.24 bits per heavy atom. The van der Waals surface area contributed by atoms with Gasteiger partial charge < -0.3 is 0 Å². The van der Waals surface area contributed by atoms with Crippen molar-refractivity contribution in [1.29, 1.82) is 0 Å². The Kier molecular flexibility index (Phi) is 7.93. The average Bonchev–Trinajstić information content (AvgIpc) is 3.26. The van der Waals surface area contributed by atoms with Gasteiger partial charge in [0.15, 0.2) is 0 Å². The second-order valence-electron chi connectivity index (χ2n) is 14.0. The van der Waals surface area contributed by atoms with Gasteiger partial charge in [0, 0.05) is 0 Å². The zero-order valence-electron chi connectivity index (χ0n) is 29.8. The molecule has 10 aromatic rings. The number of hydrogen-bond acceptors (Lipinski definition) is 0. The lowest BCUT2D eigenvalue weighted by atomic mass is 9.82. The summed E-state index contributed by atoms with van der Waals surface area (Å²) >= 11 is 0. The molecule has 0 aliphatic carbocycles. The Morgan fingerprint density at radius 1 is 0.185 bits per heavy atom. The van der Waals surface area contributed by atoms with Gasteiger partial charge in [0.1, 0.15) is 0 Å². The summed E-state index contributed by atoms with van der Waals surface area (Å²) in [7, 11) is 0. The van der Waals surface area contributed by atoms with Crippen LogP contribution in [-0.2, 0) is 0 Å². The Bertz CT molecular complexity index is 2890. The predicted molar refractivity (Wildman–Crippen MR) is 232 cm³/mol. The summed E-state index contributed by atoms with van der Waals surface area (Å²) in [5.41, 5.74) is 14.7. The van der Waals surface area contributed by atoms with E-state index in [1.54, 1.807) is 0 Å². The molecule has 10 rings (SSSR count). The van der Waals surface area contributed by atoms with Crippen LogP contribution < -0.4 is 0 Å². The summed E-state index contributed by atoms with van der Waals surface area (Å²) in [4.78, 5) is 0. The van der Waals surface area contributed by atoms with Crippen molar-refractivity contribution >= 4 is 32.3 Å². The lowest BCUT2D eigenvalue weighted by Gasteiger charge is -2.21. The van der Waals surface area contributed by atoms with Crippen molar-refractivity contribution in [2.24, 2.45) is 0 Å². The van der Waals surface area contributed by atoms with E-state index in [0.29, 0.717) is 0 Å². The lowest BCUT2D eigenvalue weighted by molar-refractivity contribution is 1.57. The van der Waals surface area contributed by atoms with Crippen molar-refractivity contribution in [3.05, 3.63) is 218 Å². The van der Waals surface area contributed by atoms with Gasteiger partial charge in [0.2, 0.25) is 0 Å². The van der Waals surface area contributed by atoms with Crippen molar-refractivity contribution in [1.82, 2.24) is 0 Å². The molecular formula is C54H36. The molecule has 0 saturated heterocycles. The smallest absolute Gasteiger partial charge is 0.00199 e. The lowest BCUT2D eigenvalue weighted by Crippen LogP contribution is -1.94. The highest BCUT2D eigenvalue weighted by atomic mass is 14.2. The van der Waals surface area contributed by atoms with Gasteiger partial charge in [-0.3, -0.25) is 0 Å². The van der Waals surface area contributed by atoms with Gasteiger partial charge in [-0.15, -0.1) is 0 Å². The van der Waals surface area contributed by atoms with Gasteiger partial charge in [0.05, 0.1) is 0 Å². The molecule has 0 saturated carbocycles. The molecule has 0 nitrogen and oxygen atoms in total. The molecule has 0 atom stereocenters. The summed E-state index contributed by atoms with van der Waals surface area (Å²) in [6, 6.07) is 79.8. The number of rotatable bonds is 6. The monoisotopic (exact) mass is 684 g/mol. The van der Waals surface area contributed by atoms with Crippen molar-refractivity contribution in [3.63, 3.8) is 0 Å². The quantitative estimate of drug-likeness (QED) is 0.153. The molecule has 0 fully saturated rings. The van der Waals surface area contributed by atoms with Crippen LogP contribution in [-0.4, -0.2) is 0 Å². The highest BCUT2D eigenvalue weighted by Crippen LogP contribution is 2.48. The second kappa shape index (κ2) is 13.5. The molecule has 0 spiro atoms. The van der Waals surface area contributed by atoms with Gasteiger partial charge in [0.25, 0.3) is 0 Å². The van der Waals surface area contributed by atoms with E-state index in [1.807, 2.05) is 0 Å². The Labute approximate surface area is 316 Å². The first kappa shape index (κ1) is 31.7. The number of hydrogen-bond donors (Lipinski definition) is 0. The maximum atomic E-state index is 2.44. The molecule has 0 aliphatic rings. The molecule has 0 amide bonds. The van der Waals surface area contributed by atoms with E-state index in [-0.39, 0.29) is 0 Å². The number of fused-ring (bicyclic) bond motifs is 3. The van der Waals surface area contributed by atoms with Gasteiger partial charge in [-0.1, -0.05) is 206 Å². The molecule has 0 aromatic heterocycles. The van der Waals surface area contributed by atoms with Gasteiger partial charge >= 0.3 is 0 Å². The largest absolute Gasteiger partial charge is 0.0622 e. The summed E-state index contributed by atoms with van der Waals surface area (Å²) in [6.45, 7) is 0. The molecule has 0 aliphatic heterocycles. The van der Waals surface area contributed by atoms with E-state index in [4.69, 9.17) is 0 Å². The van der Waals surface area contributed by atoms with Crippen LogP contribution in [0.5, 0.6) is 0 Å². The topological polar surface area (TPSA) is 0 Å². The number of benzene rings is 10. The molecule has 0 radical (unpaired) electrons. The van der Waals surface area contributed by atoms with E-state index in [0.717, 1.165) is 0 Å². The van der Waals surface area contributed by atoms with Crippen molar-refractivity contribution in [2.75, 3.05) is 0 Å². The Hall–Kier alpha value is -7.02. The van der Waals surface area contributed by atoms with Crippen LogP contribution in [0.3, 0.4) is 0 Å². The zero-order chi connectivity index (χ0) is 35.8. The summed E-state index contributed by atoms with van der Waals surface area (Å²) in [5, 5.41) is 7.51. The Morgan fingerprint density at radius 2 is 0.593 bits per heavy atom. The van der Waals surface area contributed by atoms with Crippen molar-refractivity contribution in [2.45, 2.75) is 0 Å². The van der Waals surface area contributed by atoms with Crippen LogP contribution in [0.25, 0.3) is 99.1 Å². The molecule has 10 aromatic carbocycles. The zero-order valence-corrected chi connectivity index (χ0v) is 29.8. The highest BCUT2D eigenvalue weighted by molar-refractivity contribution is 6.23. The fourth-order valence-corrected chi connectivity index (χ4v) is 8.32. The van der Waals surface area contributed by atoms with Crippen LogP contribution in [0, 0.1) is 0 Å². The molecule has 0 unspecified atom stereocenters. The third kappa shape index (κ3) is 5.57. The molecule has 0 bridgehead atoms. The SMILES string of the molecule is c1ccc(-c2ccc(-c3cccc(-c4ccc(-c5cccc6ccccc56)c(-c5c6ccccc6c(-c6ccccc6)c6ccccc56)c4)c3)cc2)cc1. The fourth-order valence-electron chi connectivity index (χ4n) is 8.32. The first-order valence-corrected chi connectivity index (χ1v) is 18.7. The molecule has 252 valence electrons. The maximum Gasteiger partial charge on any atom is -0.00199 e. The van der Waals surface area contributed by atoms with Crippen LogP contribution >= 0.6 is 0 Å². The van der Waals surface area contributed by atoms with Gasteiger partial charge in [-0.05, 0) is 111 Å². The molecular weight excluding hydrogens is 649 g/mol. The van der Waals surface area contributed by atoms with E-state index in [9.17, 15) is 0 Å². The summed E-state index contributed by atoms with van der Waals surface area (Å²) < 4.78 is 0.